The molecule has 3 aliphatic carbocycles. The van der Waals surface area contributed by atoms with E-state index in [1.54, 1.807) is 0 Å². The summed E-state index contributed by atoms with van der Waals surface area (Å²) in [5.41, 5.74) is -1.78. The van der Waals surface area contributed by atoms with Crippen LogP contribution in [0.5, 0.6) is 5.75 Å². The van der Waals surface area contributed by atoms with Crippen LogP contribution in [0.15, 0.2) is 35.1 Å². The number of phenols is 1. The van der Waals surface area contributed by atoms with Crippen LogP contribution in [0.25, 0.3) is 5.76 Å². The van der Waals surface area contributed by atoms with Gasteiger partial charge >= 0.3 is 0 Å². The van der Waals surface area contributed by atoms with Crippen LogP contribution >= 0.6 is 12.4 Å². The van der Waals surface area contributed by atoms with Crippen molar-refractivity contribution in [3.8, 4) is 5.75 Å². The molecule has 0 heterocycles. The van der Waals surface area contributed by atoms with Gasteiger partial charge in [0.15, 0.2) is 11.4 Å². The van der Waals surface area contributed by atoms with Crippen LogP contribution in [0, 0.1) is 11.8 Å². The largest absolute Gasteiger partial charge is 0.508 e. The number of phenolic OH excluding ortho intramolecular Hbond substituents is 1. The summed E-state index contributed by atoms with van der Waals surface area (Å²) in [6.07, 6.45) is -1.87. The number of nitrogens with two attached hydrogens (primary N) is 1. The third-order valence-corrected chi connectivity index (χ3v) is 7.03. The third kappa shape index (κ3) is 2.88. The predicted octanol–water partition coefficient (Wildman–Crippen LogP) is -0.978. The van der Waals surface area contributed by atoms with Crippen molar-refractivity contribution in [2.24, 2.45) is 17.6 Å². The molecule has 0 bridgehead atoms. The molecule has 6 atom stereocenters. The molecule has 0 saturated heterocycles. The van der Waals surface area contributed by atoms with Gasteiger partial charge in [-0.2, -0.15) is 0 Å². The molecule has 1 fully saturated rings. The second kappa shape index (κ2) is 7.79. The van der Waals surface area contributed by atoms with E-state index in [0.29, 0.717) is 0 Å². The van der Waals surface area contributed by atoms with Crippen LogP contribution in [-0.2, 0) is 20.0 Å². The number of aromatic hydroxyl groups is 1. The van der Waals surface area contributed by atoms with E-state index in [9.17, 15) is 45.0 Å². The molecule has 8 N–H and O–H groups in total. The van der Waals surface area contributed by atoms with Gasteiger partial charge in [-0.15, -0.1) is 12.4 Å². The minimum absolute atomic E-state index is 0. The number of carbonyl (C=O) groups excluding carboxylic acids is 3. The van der Waals surface area contributed by atoms with Crippen molar-refractivity contribution in [2.75, 3.05) is 14.1 Å². The van der Waals surface area contributed by atoms with Gasteiger partial charge in [-0.25, -0.2) is 0 Å². The highest BCUT2D eigenvalue weighted by Gasteiger charge is 2.70. The van der Waals surface area contributed by atoms with Gasteiger partial charge in [0.05, 0.1) is 40.7 Å². The topological polar surface area (TPSA) is 202 Å². The molecular weight excluding hydrogens is 472 g/mol. The molecule has 0 spiro atoms. The van der Waals surface area contributed by atoms with E-state index in [1.165, 1.54) is 44.1 Å². The zero-order valence-electron chi connectivity index (χ0n) is 18.4. The van der Waals surface area contributed by atoms with Crippen molar-refractivity contribution in [3.63, 3.8) is 0 Å². The molecule has 34 heavy (non-hydrogen) atoms. The molecule has 0 aromatic heterocycles. The average molecular weight is 497 g/mol. The Morgan fingerprint density at radius 1 is 1.12 bits per heavy atom. The number of hydrogen-bond acceptors (Lipinski definition) is 10. The molecule has 0 aliphatic heterocycles. The standard InChI is InChI=1S/C22H24N2O9.ClH/c1-21(32)7-5-4-6-8(25)9(7)15(26)10-12(21)17(28)13-14(24(2)3)16(27)11(20(23)31)19(30)22(13,33)18(10)29;/h4-6,12-14,17,25-26,28,30,32-33H,1-3H3,(H2,23,31);1H/t12-,13?,14+,17+,21-,22+;/m1./s1. The lowest BCUT2D eigenvalue weighted by atomic mass is 9.53. The highest BCUT2D eigenvalue weighted by molar-refractivity contribution is 6.24. The first-order valence-corrected chi connectivity index (χ1v) is 10.1. The van der Waals surface area contributed by atoms with Crippen LogP contribution in [0.4, 0.5) is 0 Å². The molecule has 1 aromatic rings. The Hall–Kier alpha value is -2.96. The number of likely N-dealkylation sites (N-methyl/N-ethyl adjacent to an activating group) is 1. The average Bonchev–Trinajstić information content (AvgIpc) is 2.70. The number of hydrogen-bond donors (Lipinski definition) is 7. The monoisotopic (exact) mass is 496 g/mol. The van der Waals surface area contributed by atoms with Crippen LogP contribution < -0.4 is 5.73 Å². The summed E-state index contributed by atoms with van der Waals surface area (Å²) in [7, 11) is 2.80. The van der Waals surface area contributed by atoms with Crippen LogP contribution in [-0.4, -0.2) is 84.9 Å². The summed E-state index contributed by atoms with van der Waals surface area (Å²) < 4.78 is 0. The van der Waals surface area contributed by atoms with Crippen molar-refractivity contribution in [1.82, 2.24) is 4.90 Å². The third-order valence-electron chi connectivity index (χ3n) is 7.03. The number of Topliss-reactive ketones (excluding diaryl/α,β-unsaturated/α-hetero) is 2. The molecule has 1 saturated carbocycles. The Balaban J connectivity index is 0.00000324. The number of benzene rings is 1. The van der Waals surface area contributed by atoms with E-state index >= 15 is 0 Å². The minimum atomic E-state index is -3.02. The normalized spacial score (nSPS) is 34.9. The Bertz CT molecular complexity index is 1190. The van der Waals surface area contributed by atoms with E-state index in [-0.39, 0.29) is 23.5 Å². The number of nitrogens with zero attached hydrogens (tertiary/aromatic N) is 1. The molecule has 1 aromatic carbocycles. The first kappa shape index (κ1) is 25.7. The highest BCUT2D eigenvalue weighted by Crippen LogP contribution is 2.57. The van der Waals surface area contributed by atoms with Gasteiger partial charge in [0, 0.05) is 0 Å². The molecule has 1 amide bonds. The van der Waals surface area contributed by atoms with Gasteiger partial charge in [0.1, 0.15) is 22.8 Å². The summed E-state index contributed by atoms with van der Waals surface area (Å²) in [4.78, 5) is 39.9. The van der Waals surface area contributed by atoms with Gasteiger partial charge in [-0.05, 0) is 32.6 Å². The maximum Gasteiger partial charge on any atom is 0.255 e. The number of amides is 1. The van der Waals surface area contributed by atoms with Crippen molar-refractivity contribution in [2.45, 2.75) is 30.3 Å². The molecule has 3 aliphatic rings. The summed E-state index contributed by atoms with van der Waals surface area (Å²) in [6, 6.07) is 2.50. The van der Waals surface area contributed by atoms with Gasteiger partial charge in [-0.3, -0.25) is 19.3 Å². The lowest BCUT2D eigenvalue weighted by molar-refractivity contribution is -0.181. The van der Waals surface area contributed by atoms with Gasteiger partial charge < -0.3 is 36.4 Å². The number of fused-ring (bicyclic) bond motifs is 3. The number of carbonyl (C=O) groups is 3. The molecule has 0 radical (unpaired) electrons. The second-order valence-electron chi connectivity index (χ2n) is 9.06. The Morgan fingerprint density at radius 3 is 2.24 bits per heavy atom. The molecule has 4 rings (SSSR count). The molecular formula is C22H25ClN2O9. The fourth-order valence-corrected chi connectivity index (χ4v) is 5.60. The molecule has 184 valence electrons. The summed E-state index contributed by atoms with van der Waals surface area (Å²) in [5.74, 6) is -9.67. The van der Waals surface area contributed by atoms with E-state index in [4.69, 9.17) is 5.73 Å². The number of halogens is 1. The fraction of sp³-hybridized carbons (Fsp3) is 0.409. The maximum absolute atomic E-state index is 13.7. The van der Waals surface area contributed by atoms with Crippen LogP contribution in [0.3, 0.4) is 0 Å². The quantitative estimate of drug-likeness (QED) is 0.249. The number of primary amides is 1. The van der Waals surface area contributed by atoms with E-state index in [0.717, 1.165) is 0 Å². The summed E-state index contributed by atoms with van der Waals surface area (Å²) in [6.45, 7) is 1.25. The number of aliphatic hydroxyl groups is 5. The van der Waals surface area contributed by atoms with Crippen molar-refractivity contribution in [1.29, 1.82) is 0 Å². The summed E-state index contributed by atoms with van der Waals surface area (Å²) >= 11 is 0. The summed E-state index contributed by atoms with van der Waals surface area (Å²) in [5, 5.41) is 66.3. The fourth-order valence-electron chi connectivity index (χ4n) is 5.60. The SMILES string of the molecule is CN(C)[C@@H]1C(=O)C(C(N)=O)=C(O)[C@@]2(O)C(=O)C3=C(O)c4c(O)cccc4[C@@](C)(O)[C@H]3[C@H](O)C12.Cl. The van der Waals surface area contributed by atoms with Gasteiger partial charge in [-0.1, -0.05) is 12.1 Å². The van der Waals surface area contributed by atoms with E-state index in [1.807, 2.05) is 0 Å². The first-order chi connectivity index (χ1) is 15.2. The molecule has 11 nitrogen and oxygen atoms in total. The lowest BCUT2D eigenvalue weighted by Gasteiger charge is -2.55. The zero-order valence-corrected chi connectivity index (χ0v) is 19.2. The van der Waals surface area contributed by atoms with Crippen molar-refractivity contribution >= 4 is 35.6 Å². The van der Waals surface area contributed by atoms with Gasteiger partial charge in [0.2, 0.25) is 5.78 Å². The van der Waals surface area contributed by atoms with Crippen molar-refractivity contribution < 1.29 is 45.0 Å². The lowest BCUT2D eigenvalue weighted by Crippen LogP contribution is -2.71. The minimum Gasteiger partial charge on any atom is -0.508 e. The Kier molecular flexibility index (Phi) is 5.88. The molecule has 12 heteroatoms. The van der Waals surface area contributed by atoms with E-state index in [2.05, 4.69) is 0 Å². The second-order valence-corrected chi connectivity index (χ2v) is 9.06. The number of aliphatic hydroxyl groups excluding tert-OH is 3. The number of ketones is 2. The zero-order chi connectivity index (χ0) is 24.8. The van der Waals surface area contributed by atoms with E-state index < -0.39 is 81.1 Å². The first-order valence-electron chi connectivity index (χ1n) is 10.1. The smallest absolute Gasteiger partial charge is 0.255 e. The van der Waals surface area contributed by atoms with Gasteiger partial charge in [0.25, 0.3) is 5.91 Å². The van der Waals surface area contributed by atoms with Crippen LogP contribution in [0.2, 0.25) is 0 Å². The van der Waals surface area contributed by atoms with Crippen molar-refractivity contribution in [3.05, 3.63) is 46.2 Å². The van der Waals surface area contributed by atoms with Crippen LogP contribution in [0.1, 0.15) is 18.1 Å². The highest BCUT2D eigenvalue weighted by atomic mass is 35.5. The Labute approximate surface area is 199 Å². The Morgan fingerprint density at radius 2 is 1.71 bits per heavy atom. The maximum atomic E-state index is 13.7. The molecule has 1 unspecified atom stereocenters. The predicted molar refractivity (Wildman–Crippen MR) is 119 cm³/mol. The number of rotatable bonds is 2.